The number of aryl methyl sites for hydroxylation is 4. The number of hydrogen-bond acceptors (Lipinski definition) is 7. The van der Waals surface area contributed by atoms with E-state index in [1.807, 2.05) is 82.3 Å². The highest BCUT2D eigenvalue weighted by Crippen LogP contribution is 2.42. The normalized spacial score (nSPS) is 10.8. The zero-order valence-corrected chi connectivity index (χ0v) is 23.8. The molecule has 6 rings (SSSR count). The van der Waals surface area contributed by atoms with Crippen LogP contribution in [-0.2, 0) is 0 Å². The van der Waals surface area contributed by atoms with Crippen LogP contribution in [0.4, 0.5) is 0 Å². The van der Waals surface area contributed by atoms with Crippen LogP contribution in [0, 0.1) is 39.0 Å². The maximum absolute atomic E-state index is 9.99. The first-order chi connectivity index (χ1) is 20.4. The molecule has 0 fully saturated rings. The lowest BCUT2D eigenvalue weighted by Gasteiger charge is -2.18. The second kappa shape index (κ2) is 11.1. The summed E-state index contributed by atoms with van der Waals surface area (Å²) in [6.45, 7) is 7.49. The van der Waals surface area contributed by atoms with Gasteiger partial charge in [0.1, 0.15) is 23.3 Å². The molecule has 7 heteroatoms. The van der Waals surface area contributed by atoms with Gasteiger partial charge in [-0.3, -0.25) is 0 Å². The minimum Gasteiger partial charge on any atom is -0.219 e. The number of rotatable bonds is 5. The molecule has 0 atom stereocenters. The molecule has 0 unspecified atom stereocenters. The van der Waals surface area contributed by atoms with Crippen LogP contribution in [0.2, 0.25) is 0 Å². The van der Waals surface area contributed by atoms with Gasteiger partial charge < -0.3 is 0 Å². The van der Waals surface area contributed by atoms with E-state index in [1.54, 1.807) is 0 Å². The smallest absolute Gasteiger partial charge is 0.163 e. The van der Waals surface area contributed by atoms with Gasteiger partial charge in [-0.15, -0.1) is 0 Å². The molecule has 2 heterocycles. The summed E-state index contributed by atoms with van der Waals surface area (Å²) >= 11 is 0. The van der Waals surface area contributed by atoms with Crippen molar-refractivity contribution >= 4 is 0 Å². The van der Waals surface area contributed by atoms with Crippen molar-refractivity contribution in [2.45, 2.75) is 27.7 Å². The Balaban J connectivity index is 1.60. The van der Waals surface area contributed by atoms with Crippen molar-refractivity contribution in [3.63, 3.8) is 0 Å². The molecule has 0 amide bonds. The van der Waals surface area contributed by atoms with Gasteiger partial charge in [-0.25, -0.2) is 29.9 Å². The van der Waals surface area contributed by atoms with Crippen LogP contribution in [-0.4, -0.2) is 29.9 Å². The Labute approximate surface area is 244 Å². The second-order valence-electron chi connectivity index (χ2n) is 10.1. The zero-order chi connectivity index (χ0) is 29.2. The van der Waals surface area contributed by atoms with Gasteiger partial charge in [0.05, 0.1) is 11.6 Å². The minimum atomic E-state index is 0.612. The highest BCUT2D eigenvalue weighted by atomic mass is 15.0. The number of aromatic nitrogens is 6. The summed E-state index contributed by atoms with van der Waals surface area (Å²) in [5, 5.41) is 9.99. The largest absolute Gasteiger partial charge is 0.219 e. The first-order valence-electron chi connectivity index (χ1n) is 13.6. The predicted octanol–water partition coefficient (Wildman–Crippen LogP) is 7.50. The Hall–Kier alpha value is -5.61. The Kier molecular flexibility index (Phi) is 7.03. The van der Waals surface area contributed by atoms with Crippen LogP contribution in [0.5, 0.6) is 0 Å². The van der Waals surface area contributed by atoms with Crippen LogP contribution < -0.4 is 0 Å². The molecule has 4 aromatic carbocycles. The maximum Gasteiger partial charge on any atom is 0.163 e. The monoisotopic (exact) mass is 545 g/mol. The standard InChI is InChI=1S/C35H27N7/c1-21-37-22(2)40-34(39-21)27-13-7-11-25(18-27)31-16-9-17-32(30-15-6-5-10-29(30)20-36)33(31)26-12-8-14-28(19-26)35-41-23(3)38-24(4)42-35/h5-19H,1-4H3. The van der Waals surface area contributed by atoms with Crippen molar-refractivity contribution in [2.24, 2.45) is 0 Å². The number of nitriles is 1. The Morgan fingerprint density at radius 3 is 1.50 bits per heavy atom. The first kappa shape index (κ1) is 26.6. The molecule has 0 aliphatic heterocycles. The number of nitrogens with zero attached hydrogens (tertiary/aromatic N) is 7. The van der Waals surface area contributed by atoms with E-state index in [9.17, 15) is 5.26 Å². The molecule has 6 aromatic rings. The van der Waals surface area contributed by atoms with Crippen molar-refractivity contribution in [3.8, 4) is 62.2 Å². The van der Waals surface area contributed by atoms with Crippen molar-refractivity contribution < 1.29 is 0 Å². The third-order valence-electron chi connectivity index (χ3n) is 6.96. The van der Waals surface area contributed by atoms with Crippen molar-refractivity contribution in [1.29, 1.82) is 5.26 Å². The van der Waals surface area contributed by atoms with Gasteiger partial charge >= 0.3 is 0 Å². The van der Waals surface area contributed by atoms with Crippen LogP contribution in [0.15, 0.2) is 91.0 Å². The lowest BCUT2D eigenvalue weighted by atomic mass is 9.85. The van der Waals surface area contributed by atoms with Crippen LogP contribution in [0.25, 0.3) is 56.2 Å². The van der Waals surface area contributed by atoms with Crippen LogP contribution >= 0.6 is 0 Å². The molecule has 0 saturated heterocycles. The van der Waals surface area contributed by atoms with E-state index in [1.165, 1.54) is 0 Å². The highest BCUT2D eigenvalue weighted by Gasteiger charge is 2.18. The first-order valence-corrected chi connectivity index (χ1v) is 13.6. The summed E-state index contributed by atoms with van der Waals surface area (Å²) in [6.07, 6.45) is 0. The molecule has 2 aromatic heterocycles. The third kappa shape index (κ3) is 5.26. The van der Waals surface area contributed by atoms with Gasteiger partial charge in [0.25, 0.3) is 0 Å². The van der Waals surface area contributed by atoms with E-state index in [-0.39, 0.29) is 0 Å². The third-order valence-corrected chi connectivity index (χ3v) is 6.96. The van der Waals surface area contributed by atoms with E-state index in [0.29, 0.717) is 40.5 Å². The van der Waals surface area contributed by atoms with Gasteiger partial charge in [-0.1, -0.05) is 72.8 Å². The van der Waals surface area contributed by atoms with Gasteiger partial charge in [0.15, 0.2) is 11.6 Å². The molecule has 0 N–H and O–H groups in total. The molecular weight excluding hydrogens is 518 g/mol. The fourth-order valence-corrected chi connectivity index (χ4v) is 5.27. The molecule has 202 valence electrons. The number of hydrogen-bond donors (Lipinski definition) is 0. The Morgan fingerprint density at radius 1 is 0.452 bits per heavy atom. The molecule has 0 saturated carbocycles. The molecule has 0 aliphatic carbocycles. The minimum absolute atomic E-state index is 0.612. The van der Waals surface area contributed by atoms with Gasteiger partial charge in [0, 0.05) is 16.7 Å². The molecule has 0 spiro atoms. The molecule has 0 radical (unpaired) electrons. The predicted molar refractivity (Wildman–Crippen MR) is 164 cm³/mol. The van der Waals surface area contributed by atoms with Gasteiger partial charge in [-0.05, 0) is 73.7 Å². The van der Waals surface area contributed by atoms with Gasteiger partial charge in [0.2, 0.25) is 0 Å². The molecule has 0 aliphatic rings. The number of benzene rings is 4. The average Bonchev–Trinajstić information content (AvgIpc) is 3.00. The van der Waals surface area contributed by atoms with Crippen molar-refractivity contribution in [2.75, 3.05) is 0 Å². The topological polar surface area (TPSA) is 101 Å². The summed E-state index contributed by atoms with van der Waals surface area (Å²) in [5.41, 5.74) is 8.25. The zero-order valence-electron chi connectivity index (χ0n) is 23.8. The fraction of sp³-hybridized carbons (Fsp3) is 0.114. The van der Waals surface area contributed by atoms with E-state index < -0.39 is 0 Å². The summed E-state index contributed by atoms with van der Waals surface area (Å²) in [6, 6.07) is 32.7. The summed E-state index contributed by atoms with van der Waals surface area (Å²) in [5.74, 6) is 3.97. The molecule has 42 heavy (non-hydrogen) atoms. The SMILES string of the molecule is Cc1nc(C)nc(-c2cccc(-c3cccc(-c4ccccc4C#N)c3-c3cccc(-c4nc(C)nc(C)n4)c3)c2)n1. The van der Waals surface area contributed by atoms with Crippen molar-refractivity contribution in [1.82, 2.24) is 29.9 Å². The summed E-state index contributed by atoms with van der Waals surface area (Å²) in [7, 11) is 0. The summed E-state index contributed by atoms with van der Waals surface area (Å²) < 4.78 is 0. The van der Waals surface area contributed by atoms with Crippen LogP contribution in [0.3, 0.4) is 0 Å². The lowest BCUT2D eigenvalue weighted by molar-refractivity contribution is 0.928. The van der Waals surface area contributed by atoms with E-state index in [0.717, 1.165) is 44.5 Å². The quantitative estimate of drug-likeness (QED) is 0.221. The van der Waals surface area contributed by atoms with Gasteiger partial charge in [-0.2, -0.15) is 5.26 Å². The average molecular weight is 546 g/mol. The van der Waals surface area contributed by atoms with Crippen LogP contribution in [0.1, 0.15) is 28.9 Å². The highest BCUT2D eigenvalue weighted by molar-refractivity contribution is 5.96. The molecule has 0 bridgehead atoms. The molecule has 7 nitrogen and oxygen atoms in total. The van der Waals surface area contributed by atoms with E-state index in [4.69, 9.17) is 0 Å². The Bertz CT molecular complexity index is 1970. The second-order valence-corrected chi connectivity index (χ2v) is 10.1. The lowest BCUT2D eigenvalue weighted by Crippen LogP contribution is -1.99. The van der Waals surface area contributed by atoms with E-state index in [2.05, 4.69) is 72.4 Å². The maximum atomic E-state index is 9.99. The summed E-state index contributed by atoms with van der Waals surface area (Å²) in [4.78, 5) is 27.1. The van der Waals surface area contributed by atoms with Crippen molar-refractivity contribution in [3.05, 3.63) is 120 Å². The van der Waals surface area contributed by atoms with E-state index >= 15 is 0 Å². The molecular formula is C35H27N7. The Morgan fingerprint density at radius 2 is 0.905 bits per heavy atom. The fourth-order valence-electron chi connectivity index (χ4n) is 5.27.